The number of thiazole rings is 1. The molecule has 0 aliphatic rings. The lowest BCUT2D eigenvalue weighted by Crippen LogP contribution is -2.24. The lowest BCUT2D eigenvalue weighted by molar-refractivity contribution is -0.147. The lowest BCUT2D eigenvalue weighted by atomic mass is 10.3. The Balaban J connectivity index is 1.68. The van der Waals surface area contributed by atoms with Crippen molar-refractivity contribution in [1.29, 1.82) is 0 Å². The molecule has 23 heavy (non-hydrogen) atoms. The molecule has 1 aromatic heterocycles. The van der Waals surface area contributed by atoms with Gasteiger partial charge >= 0.3 is 5.97 Å². The summed E-state index contributed by atoms with van der Waals surface area (Å²) in [4.78, 5) is 15.7. The third kappa shape index (κ3) is 3.60. The van der Waals surface area contributed by atoms with Crippen molar-refractivity contribution in [2.24, 2.45) is 0 Å². The van der Waals surface area contributed by atoms with Crippen LogP contribution in [0.5, 0.6) is 16.7 Å². The molecule has 0 bridgehead atoms. The number of rotatable bonds is 5. The fraction of sp³-hybridized carbons (Fsp3) is 0.176. The van der Waals surface area contributed by atoms with Gasteiger partial charge in [0.25, 0.3) is 5.19 Å². The second-order valence-corrected chi connectivity index (χ2v) is 5.80. The predicted molar refractivity (Wildman–Crippen MR) is 88.2 cm³/mol. The Kier molecular flexibility index (Phi) is 4.43. The molecule has 3 rings (SSSR count). The van der Waals surface area contributed by atoms with Crippen LogP contribution in [0.2, 0.25) is 0 Å². The first-order valence-electron chi connectivity index (χ1n) is 7.03. The van der Waals surface area contributed by atoms with E-state index in [1.54, 1.807) is 31.2 Å². The van der Waals surface area contributed by atoms with Crippen LogP contribution in [0.3, 0.4) is 0 Å². The molecule has 0 aliphatic carbocycles. The molecule has 0 N–H and O–H groups in total. The molecule has 0 aliphatic heterocycles. The van der Waals surface area contributed by atoms with Gasteiger partial charge in [-0.3, -0.25) is 0 Å². The molecule has 5 nitrogen and oxygen atoms in total. The van der Waals surface area contributed by atoms with E-state index in [4.69, 9.17) is 9.47 Å². The highest BCUT2D eigenvalue weighted by molar-refractivity contribution is 7.20. The second-order valence-electron chi connectivity index (χ2n) is 4.80. The first-order chi connectivity index (χ1) is 11.2. The number of aromatic nitrogens is 1. The number of methoxy groups -OCH3 is 1. The van der Waals surface area contributed by atoms with Crippen LogP contribution >= 0.6 is 11.3 Å². The van der Waals surface area contributed by atoms with Gasteiger partial charge in [0.2, 0.25) is 0 Å². The number of esters is 1. The lowest BCUT2D eigenvalue weighted by Gasteiger charge is -2.12. The number of ether oxygens (including phenoxy) is 3. The molecule has 2 aromatic carbocycles. The molecule has 6 heteroatoms. The summed E-state index contributed by atoms with van der Waals surface area (Å²) in [5, 5.41) is 0.586. The Bertz CT molecular complexity index is 780. The average Bonchev–Trinajstić information content (AvgIpc) is 2.98. The van der Waals surface area contributed by atoms with Gasteiger partial charge < -0.3 is 14.2 Å². The van der Waals surface area contributed by atoms with Gasteiger partial charge in [-0.05, 0) is 43.3 Å². The van der Waals surface area contributed by atoms with Crippen molar-refractivity contribution in [3.63, 3.8) is 0 Å². The van der Waals surface area contributed by atoms with E-state index in [1.807, 2.05) is 24.3 Å². The van der Waals surface area contributed by atoms with Gasteiger partial charge in [-0.2, -0.15) is 0 Å². The van der Waals surface area contributed by atoms with Gasteiger partial charge in [-0.25, -0.2) is 9.78 Å². The van der Waals surface area contributed by atoms with Gasteiger partial charge in [-0.1, -0.05) is 23.5 Å². The molecule has 0 amide bonds. The summed E-state index contributed by atoms with van der Waals surface area (Å²) >= 11 is 1.49. The van der Waals surface area contributed by atoms with Gasteiger partial charge in [0, 0.05) is 0 Å². The molecule has 0 saturated heterocycles. The molecule has 0 radical (unpaired) electrons. The van der Waals surface area contributed by atoms with Crippen LogP contribution in [-0.2, 0) is 9.53 Å². The van der Waals surface area contributed by atoms with Crippen molar-refractivity contribution in [1.82, 2.24) is 4.98 Å². The van der Waals surface area contributed by atoms with Gasteiger partial charge in [0.15, 0.2) is 6.10 Å². The number of hydrogen-bond acceptors (Lipinski definition) is 6. The fourth-order valence-corrected chi connectivity index (χ4v) is 2.83. The smallest absolute Gasteiger partial charge is 0.346 e. The molecule has 0 fully saturated rings. The Morgan fingerprint density at radius 1 is 1.09 bits per heavy atom. The fourth-order valence-electron chi connectivity index (χ4n) is 2.00. The van der Waals surface area contributed by atoms with Crippen LogP contribution in [0.1, 0.15) is 6.92 Å². The Labute approximate surface area is 137 Å². The van der Waals surface area contributed by atoms with Crippen LogP contribution in [-0.4, -0.2) is 24.2 Å². The normalized spacial score (nSPS) is 11.9. The van der Waals surface area contributed by atoms with Crippen LogP contribution in [0.25, 0.3) is 10.2 Å². The maximum Gasteiger partial charge on any atom is 0.346 e. The highest BCUT2D eigenvalue weighted by Crippen LogP contribution is 2.31. The standard InChI is InChI=1S/C17H15NO4S/c1-11(16(19)20-2)21-12-7-9-13(10-8-12)22-17-18-14-5-3-4-6-15(14)23-17/h3-11H,1-2H3/t11-/m1/s1. The summed E-state index contributed by atoms with van der Waals surface area (Å²) < 4.78 is 16.9. The molecule has 3 aromatic rings. The molecule has 0 unspecified atom stereocenters. The van der Waals surface area contributed by atoms with E-state index in [9.17, 15) is 4.79 Å². The monoisotopic (exact) mass is 329 g/mol. The van der Waals surface area contributed by atoms with Crippen LogP contribution in [0, 0.1) is 0 Å². The third-order valence-electron chi connectivity index (χ3n) is 3.15. The largest absolute Gasteiger partial charge is 0.479 e. The molecule has 1 atom stereocenters. The van der Waals surface area contributed by atoms with Crippen molar-refractivity contribution >= 4 is 27.5 Å². The van der Waals surface area contributed by atoms with Crippen molar-refractivity contribution in [2.45, 2.75) is 13.0 Å². The molecular formula is C17H15NO4S. The summed E-state index contributed by atoms with van der Waals surface area (Å²) in [5.74, 6) is 0.807. The van der Waals surface area contributed by atoms with E-state index in [0.29, 0.717) is 16.7 Å². The highest BCUT2D eigenvalue weighted by atomic mass is 32.1. The molecule has 118 valence electrons. The van der Waals surface area contributed by atoms with Crippen molar-refractivity contribution in [3.8, 4) is 16.7 Å². The van der Waals surface area contributed by atoms with Gasteiger partial charge in [0.05, 0.1) is 17.3 Å². The van der Waals surface area contributed by atoms with Crippen molar-refractivity contribution < 1.29 is 19.0 Å². The Hall–Kier alpha value is -2.60. The van der Waals surface area contributed by atoms with Crippen molar-refractivity contribution in [3.05, 3.63) is 48.5 Å². The van der Waals surface area contributed by atoms with Crippen molar-refractivity contribution in [2.75, 3.05) is 7.11 Å². The minimum atomic E-state index is -0.656. The molecule has 0 saturated carbocycles. The summed E-state index contributed by atoms with van der Waals surface area (Å²) in [6.07, 6.45) is -0.656. The first-order valence-corrected chi connectivity index (χ1v) is 7.85. The van der Waals surface area contributed by atoms with Crippen LogP contribution in [0.4, 0.5) is 0 Å². The summed E-state index contributed by atoms with van der Waals surface area (Å²) in [6.45, 7) is 1.64. The zero-order chi connectivity index (χ0) is 16.2. The number of nitrogens with zero attached hydrogens (tertiary/aromatic N) is 1. The zero-order valence-corrected chi connectivity index (χ0v) is 13.5. The van der Waals surface area contributed by atoms with E-state index < -0.39 is 12.1 Å². The first kappa shape index (κ1) is 15.3. The number of benzene rings is 2. The maximum absolute atomic E-state index is 11.3. The topological polar surface area (TPSA) is 57.7 Å². The van der Waals surface area contributed by atoms with Crippen LogP contribution < -0.4 is 9.47 Å². The third-order valence-corrected chi connectivity index (χ3v) is 4.06. The number of carbonyl (C=O) groups is 1. The SMILES string of the molecule is COC(=O)[C@@H](C)Oc1ccc(Oc2nc3ccccc3s2)cc1. The predicted octanol–water partition coefficient (Wildman–Crippen LogP) is 4.03. The highest BCUT2D eigenvalue weighted by Gasteiger charge is 2.14. The van der Waals surface area contributed by atoms with Crippen LogP contribution in [0.15, 0.2) is 48.5 Å². The molecular weight excluding hydrogens is 314 g/mol. The maximum atomic E-state index is 11.3. The average molecular weight is 329 g/mol. The Morgan fingerprint density at radius 2 is 1.78 bits per heavy atom. The van der Waals surface area contributed by atoms with E-state index in [1.165, 1.54) is 18.4 Å². The summed E-state index contributed by atoms with van der Waals surface area (Å²) in [5.41, 5.74) is 0.916. The number of carbonyl (C=O) groups excluding carboxylic acids is 1. The minimum absolute atomic E-state index is 0.417. The minimum Gasteiger partial charge on any atom is -0.479 e. The second kappa shape index (κ2) is 6.66. The molecule has 1 heterocycles. The summed E-state index contributed by atoms with van der Waals surface area (Å²) in [6, 6.07) is 14.9. The quantitative estimate of drug-likeness (QED) is 0.662. The van der Waals surface area contributed by atoms with E-state index in [2.05, 4.69) is 9.72 Å². The number of fused-ring (bicyclic) bond motifs is 1. The zero-order valence-electron chi connectivity index (χ0n) is 12.7. The van der Waals surface area contributed by atoms with Gasteiger partial charge in [-0.15, -0.1) is 0 Å². The van der Waals surface area contributed by atoms with Gasteiger partial charge in [0.1, 0.15) is 11.5 Å². The summed E-state index contributed by atoms with van der Waals surface area (Å²) in [7, 11) is 1.33. The van der Waals surface area contributed by atoms with E-state index in [-0.39, 0.29) is 0 Å². The van der Waals surface area contributed by atoms with E-state index in [0.717, 1.165) is 10.2 Å². The Morgan fingerprint density at radius 3 is 2.48 bits per heavy atom. The number of para-hydroxylation sites is 1. The number of hydrogen-bond donors (Lipinski definition) is 0. The van der Waals surface area contributed by atoms with E-state index >= 15 is 0 Å². The molecule has 0 spiro atoms.